The summed E-state index contributed by atoms with van der Waals surface area (Å²) in [4.78, 5) is 0. The summed E-state index contributed by atoms with van der Waals surface area (Å²) in [5.74, 6) is 2.68. The van der Waals surface area contributed by atoms with Crippen molar-refractivity contribution in [3.63, 3.8) is 0 Å². The second-order valence-electron chi connectivity index (χ2n) is 20.4. The van der Waals surface area contributed by atoms with Gasteiger partial charge in [-0.1, -0.05) is 72.8 Å². The Hall–Kier alpha value is -5.80. The molecule has 2 aliphatic carbocycles. The molecule has 4 aliphatic heterocycles. The Morgan fingerprint density at radius 2 is 0.681 bits per heavy atom. The van der Waals surface area contributed by atoms with Crippen LogP contribution in [0.15, 0.2) is 121 Å². The van der Waals surface area contributed by atoms with Crippen LogP contribution in [0, 0.1) is 21.7 Å². The van der Waals surface area contributed by atoms with E-state index in [9.17, 15) is 20.4 Å². The summed E-state index contributed by atoms with van der Waals surface area (Å²) in [6.45, 7) is 4.25. The molecule has 12 rings (SSSR count). The Morgan fingerprint density at radius 3 is 1.00 bits per heavy atom. The Balaban J connectivity index is 1.11. The van der Waals surface area contributed by atoms with Gasteiger partial charge in [0.2, 0.25) is 0 Å². The van der Waals surface area contributed by atoms with E-state index < -0.39 is 27.1 Å². The first-order valence-electron chi connectivity index (χ1n) is 23.8. The molecule has 0 aromatic heterocycles. The number of hydrogen-bond donors (Lipinski definition) is 4. The van der Waals surface area contributed by atoms with Crippen LogP contribution in [0.2, 0.25) is 0 Å². The van der Waals surface area contributed by atoms with Crippen molar-refractivity contribution in [2.24, 2.45) is 21.7 Å². The molecular weight excluding hydrogens is 877 g/mol. The predicted molar refractivity (Wildman–Crippen MR) is 257 cm³/mol. The van der Waals surface area contributed by atoms with Gasteiger partial charge >= 0.3 is 0 Å². The van der Waals surface area contributed by atoms with E-state index in [1.807, 2.05) is 48.5 Å². The molecule has 356 valence electrons. The number of ether oxygens (including phenoxy) is 8. The zero-order valence-corrected chi connectivity index (χ0v) is 38.4. The van der Waals surface area contributed by atoms with Gasteiger partial charge in [0.25, 0.3) is 0 Å². The lowest BCUT2D eigenvalue weighted by Gasteiger charge is -2.39. The molecule has 69 heavy (non-hydrogen) atoms. The second kappa shape index (κ2) is 17.3. The summed E-state index contributed by atoms with van der Waals surface area (Å²) < 4.78 is 49.3. The number of fused-ring (bicyclic) bond motifs is 10. The van der Waals surface area contributed by atoms with Gasteiger partial charge in [-0.3, -0.25) is 0 Å². The van der Waals surface area contributed by atoms with E-state index in [2.05, 4.69) is 72.8 Å². The highest BCUT2D eigenvalue weighted by Crippen LogP contribution is 2.66. The van der Waals surface area contributed by atoms with Crippen LogP contribution in [0.3, 0.4) is 0 Å². The van der Waals surface area contributed by atoms with E-state index in [4.69, 9.17) is 37.9 Å². The highest BCUT2D eigenvalue weighted by Gasteiger charge is 2.54. The summed E-state index contributed by atoms with van der Waals surface area (Å²) in [5, 5.41) is 41.8. The number of hydrogen-bond acceptors (Lipinski definition) is 12. The van der Waals surface area contributed by atoms with Gasteiger partial charge in [0, 0.05) is 11.1 Å². The van der Waals surface area contributed by atoms with Gasteiger partial charge in [0.1, 0.15) is 49.4 Å². The molecule has 0 amide bonds. The van der Waals surface area contributed by atoms with Crippen LogP contribution >= 0.6 is 0 Å². The van der Waals surface area contributed by atoms with Crippen LogP contribution in [-0.4, -0.2) is 126 Å². The fraction of sp³-hybridized carbons (Fsp3) is 0.368. The lowest BCUT2D eigenvalue weighted by Crippen LogP contribution is -2.50. The highest BCUT2D eigenvalue weighted by atomic mass is 16.5. The first-order valence-corrected chi connectivity index (χ1v) is 23.8. The second-order valence-corrected chi connectivity index (χ2v) is 20.4. The molecule has 6 aliphatic rings. The standard InChI is InChI=1S/C57H56O12/c58-21-53(25-62-26-53)33-66-39-11-13-41-42-14-12-40(67-34-54(22-59)27-63-28-54)16-48(42)57(47(41)15-39)49-17-43(37-7-3-1-4-8-37)51(68-35-55(23-60)29-64-30-55)19-45(49)46-20-52(69-36-56(24-61)31-65-32-56)44(18-50(46)57)38-9-5-2-6-10-38/h1-20,58-61H,21-36H2. The predicted octanol–water partition coefficient (Wildman–Crippen LogP) is 6.91. The van der Waals surface area contributed by atoms with Crippen molar-refractivity contribution < 1.29 is 58.3 Å². The minimum atomic E-state index is -0.955. The van der Waals surface area contributed by atoms with Crippen molar-refractivity contribution in [1.82, 2.24) is 0 Å². The molecule has 0 radical (unpaired) electrons. The Morgan fingerprint density at radius 1 is 0.348 bits per heavy atom. The molecule has 0 unspecified atom stereocenters. The smallest absolute Gasteiger partial charge is 0.127 e. The largest absolute Gasteiger partial charge is 0.493 e. The molecule has 6 aromatic carbocycles. The third-order valence-corrected chi connectivity index (χ3v) is 15.4. The normalized spacial score (nSPS) is 19.7. The fourth-order valence-corrected chi connectivity index (χ4v) is 10.7. The summed E-state index contributed by atoms with van der Waals surface area (Å²) in [6.07, 6.45) is 0. The molecule has 0 saturated carbocycles. The van der Waals surface area contributed by atoms with Crippen molar-refractivity contribution in [2.75, 3.05) is 106 Å². The van der Waals surface area contributed by atoms with Gasteiger partial charge in [-0.05, 0) is 104 Å². The van der Waals surface area contributed by atoms with Crippen LogP contribution in [0.1, 0.15) is 22.3 Å². The molecule has 4 fully saturated rings. The highest BCUT2D eigenvalue weighted by molar-refractivity contribution is 5.99. The van der Waals surface area contributed by atoms with Gasteiger partial charge in [-0.2, -0.15) is 0 Å². The van der Waals surface area contributed by atoms with E-state index in [1.54, 1.807) is 0 Å². The zero-order chi connectivity index (χ0) is 46.9. The van der Waals surface area contributed by atoms with Crippen LogP contribution in [-0.2, 0) is 24.4 Å². The van der Waals surface area contributed by atoms with Crippen molar-refractivity contribution >= 4 is 0 Å². The molecule has 12 heteroatoms. The third-order valence-electron chi connectivity index (χ3n) is 15.4. The van der Waals surface area contributed by atoms with Crippen LogP contribution in [0.25, 0.3) is 44.5 Å². The maximum Gasteiger partial charge on any atom is 0.127 e. The first kappa shape index (κ1) is 44.4. The molecule has 0 bridgehead atoms. The quantitative estimate of drug-likeness (QED) is 0.0707. The van der Waals surface area contributed by atoms with Crippen molar-refractivity contribution in [3.8, 4) is 67.5 Å². The van der Waals surface area contributed by atoms with Crippen LogP contribution < -0.4 is 18.9 Å². The Kier molecular flexibility index (Phi) is 11.1. The topological polar surface area (TPSA) is 155 Å². The average molecular weight is 933 g/mol. The summed E-state index contributed by atoms with van der Waals surface area (Å²) in [7, 11) is 0. The van der Waals surface area contributed by atoms with Gasteiger partial charge < -0.3 is 58.3 Å². The maximum absolute atomic E-state index is 10.5. The average Bonchev–Trinajstić information content (AvgIpc) is 3.78. The van der Waals surface area contributed by atoms with E-state index in [0.29, 0.717) is 89.1 Å². The lowest BCUT2D eigenvalue weighted by atomic mass is 9.69. The fourth-order valence-electron chi connectivity index (χ4n) is 10.7. The molecule has 1 spiro atoms. The van der Waals surface area contributed by atoms with Gasteiger partial charge in [0.05, 0.1) is 106 Å². The maximum atomic E-state index is 10.5. The molecule has 4 heterocycles. The number of benzene rings is 6. The summed E-state index contributed by atoms with van der Waals surface area (Å²) >= 11 is 0. The van der Waals surface area contributed by atoms with Crippen LogP contribution in [0.4, 0.5) is 0 Å². The third kappa shape index (κ3) is 7.26. The van der Waals surface area contributed by atoms with E-state index in [-0.39, 0.29) is 39.6 Å². The first-order chi connectivity index (χ1) is 33.8. The van der Waals surface area contributed by atoms with Crippen LogP contribution in [0.5, 0.6) is 23.0 Å². The lowest BCUT2D eigenvalue weighted by molar-refractivity contribution is -0.153. The number of aliphatic hydroxyl groups is 4. The van der Waals surface area contributed by atoms with Crippen molar-refractivity contribution in [1.29, 1.82) is 0 Å². The van der Waals surface area contributed by atoms with Crippen molar-refractivity contribution in [3.05, 3.63) is 144 Å². The number of aliphatic hydroxyl groups excluding tert-OH is 4. The molecule has 4 saturated heterocycles. The molecular formula is C57H56O12. The molecule has 4 N–H and O–H groups in total. The summed E-state index contributed by atoms with van der Waals surface area (Å²) in [6, 6.07) is 42.0. The van der Waals surface area contributed by atoms with E-state index in [1.165, 1.54) is 0 Å². The monoisotopic (exact) mass is 932 g/mol. The minimum Gasteiger partial charge on any atom is -0.493 e. The van der Waals surface area contributed by atoms with E-state index in [0.717, 1.165) is 66.8 Å². The zero-order valence-electron chi connectivity index (χ0n) is 38.4. The Labute approximate surface area is 400 Å². The molecule has 12 nitrogen and oxygen atoms in total. The van der Waals surface area contributed by atoms with Gasteiger partial charge in [-0.25, -0.2) is 0 Å². The summed E-state index contributed by atoms with van der Waals surface area (Å²) in [5.41, 5.74) is 8.86. The minimum absolute atomic E-state index is 0.0429. The van der Waals surface area contributed by atoms with Gasteiger partial charge in [0.15, 0.2) is 0 Å². The van der Waals surface area contributed by atoms with E-state index >= 15 is 0 Å². The molecule has 6 aromatic rings. The SMILES string of the molecule is OCC1(COc2ccc3c(c2)C2(c4cc(OCC5(CO)COC5)ccc4-3)c3cc(-c4ccccc4)c(OCC4(CO)COC4)cc3-c3cc(OCC4(CO)COC4)c(-c4ccccc4)cc32)COC1. The Bertz CT molecular complexity index is 2660. The molecule has 0 atom stereocenters. The number of rotatable bonds is 18. The van der Waals surface area contributed by atoms with Crippen molar-refractivity contribution in [2.45, 2.75) is 5.41 Å². The van der Waals surface area contributed by atoms with Gasteiger partial charge in [-0.15, -0.1) is 0 Å².